The van der Waals surface area contributed by atoms with E-state index in [2.05, 4.69) is 5.32 Å². The number of amides is 1. The highest BCUT2D eigenvalue weighted by Gasteiger charge is 2.47. The Balaban J connectivity index is 1.86. The van der Waals surface area contributed by atoms with Crippen molar-refractivity contribution in [3.8, 4) is 0 Å². The second kappa shape index (κ2) is 5.46. The number of benzene rings is 1. The maximum absolute atomic E-state index is 12.3. The Morgan fingerprint density at radius 2 is 2.10 bits per heavy atom. The Morgan fingerprint density at radius 1 is 1.29 bits per heavy atom. The number of carbonyl (C=O) groups excluding carboxylic acids is 1. The summed E-state index contributed by atoms with van der Waals surface area (Å²) >= 11 is 0. The molecule has 2 N–H and O–H groups in total. The summed E-state index contributed by atoms with van der Waals surface area (Å²) in [5.74, 6) is -1.48. The molecule has 6 nitrogen and oxygen atoms in total. The lowest BCUT2D eigenvalue weighted by atomic mass is 9.91. The minimum atomic E-state index is -1.37. The highest BCUT2D eigenvalue weighted by atomic mass is 16.6. The van der Waals surface area contributed by atoms with Crippen LogP contribution in [0.5, 0.6) is 0 Å². The average Bonchev–Trinajstić information content (AvgIpc) is 2.88. The number of hydrogen-bond acceptors (Lipinski definition) is 4. The van der Waals surface area contributed by atoms with Crippen molar-refractivity contribution in [2.45, 2.75) is 24.5 Å². The van der Waals surface area contributed by atoms with Crippen LogP contribution in [-0.4, -0.2) is 42.9 Å². The lowest BCUT2D eigenvalue weighted by Gasteiger charge is -2.30. The van der Waals surface area contributed by atoms with Crippen molar-refractivity contribution in [1.82, 2.24) is 5.32 Å². The van der Waals surface area contributed by atoms with E-state index in [1.54, 1.807) is 12.1 Å². The zero-order valence-corrected chi connectivity index (χ0v) is 11.5. The predicted octanol–water partition coefficient (Wildman–Crippen LogP) is 0.444. The molecule has 2 aliphatic rings. The van der Waals surface area contributed by atoms with Gasteiger partial charge in [0.15, 0.2) is 11.6 Å². The van der Waals surface area contributed by atoms with Crippen LogP contribution in [0.4, 0.5) is 0 Å². The molecule has 1 saturated heterocycles. The number of hydrogen-bond donors (Lipinski definition) is 2. The van der Waals surface area contributed by atoms with Gasteiger partial charge in [-0.3, -0.25) is 4.79 Å². The van der Waals surface area contributed by atoms with Gasteiger partial charge in [0.2, 0.25) is 0 Å². The van der Waals surface area contributed by atoms with Gasteiger partial charge in [-0.15, -0.1) is 0 Å². The number of fused-ring (bicyclic) bond motifs is 1. The molecule has 112 valence electrons. The fourth-order valence-corrected chi connectivity index (χ4v) is 2.95. The maximum atomic E-state index is 12.3. The van der Waals surface area contributed by atoms with Gasteiger partial charge < -0.3 is 19.9 Å². The van der Waals surface area contributed by atoms with E-state index in [1.807, 2.05) is 12.1 Å². The summed E-state index contributed by atoms with van der Waals surface area (Å²) in [7, 11) is 0. The van der Waals surface area contributed by atoms with Crippen molar-refractivity contribution in [3.63, 3.8) is 0 Å². The van der Waals surface area contributed by atoms with Gasteiger partial charge in [0.25, 0.3) is 5.91 Å². The molecule has 2 unspecified atom stereocenters. The van der Waals surface area contributed by atoms with Crippen molar-refractivity contribution in [2.24, 2.45) is 0 Å². The molecule has 0 bridgehead atoms. The first kappa shape index (κ1) is 14.0. The average molecular weight is 291 g/mol. The maximum Gasteiger partial charge on any atom is 0.334 e. The third-order valence-corrected chi connectivity index (χ3v) is 4.06. The molecule has 3 rings (SSSR count). The number of rotatable bonds is 3. The molecule has 0 aromatic heterocycles. The zero-order chi connectivity index (χ0) is 14.9. The van der Waals surface area contributed by atoms with Gasteiger partial charge in [-0.25, -0.2) is 4.79 Å². The standard InChI is InChI=1S/C15H17NO5/c17-13(12-9-20-7-8-21-12)16-15(14(18)19)6-5-10-3-1-2-4-11(10)15/h1-4,12H,5-9H2,(H,16,17)(H,18,19). The predicted molar refractivity (Wildman–Crippen MR) is 72.8 cm³/mol. The molecular formula is C15H17NO5. The molecule has 1 heterocycles. The van der Waals surface area contributed by atoms with Gasteiger partial charge in [0.1, 0.15) is 0 Å². The first-order valence-electron chi connectivity index (χ1n) is 6.96. The van der Waals surface area contributed by atoms with Gasteiger partial charge >= 0.3 is 5.97 Å². The van der Waals surface area contributed by atoms with E-state index >= 15 is 0 Å². The molecule has 0 spiro atoms. The molecule has 0 saturated carbocycles. The van der Waals surface area contributed by atoms with E-state index in [0.29, 0.717) is 31.6 Å². The van der Waals surface area contributed by atoms with Crippen molar-refractivity contribution >= 4 is 11.9 Å². The zero-order valence-electron chi connectivity index (χ0n) is 11.5. The molecule has 2 atom stereocenters. The highest BCUT2D eigenvalue weighted by molar-refractivity contribution is 5.91. The molecule has 1 aliphatic heterocycles. The van der Waals surface area contributed by atoms with Gasteiger partial charge in [-0.05, 0) is 24.0 Å². The van der Waals surface area contributed by atoms with Crippen LogP contribution >= 0.6 is 0 Å². The lowest BCUT2D eigenvalue weighted by Crippen LogP contribution is -2.55. The van der Waals surface area contributed by atoms with E-state index in [1.165, 1.54) is 0 Å². The van der Waals surface area contributed by atoms with E-state index in [4.69, 9.17) is 9.47 Å². The summed E-state index contributed by atoms with van der Waals surface area (Å²) in [4.78, 5) is 24.1. The number of carboxylic acid groups (broad SMARTS) is 1. The number of aliphatic carboxylic acids is 1. The minimum absolute atomic E-state index is 0.156. The number of aryl methyl sites for hydroxylation is 1. The first-order valence-corrected chi connectivity index (χ1v) is 6.96. The fourth-order valence-electron chi connectivity index (χ4n) is 2.95. The van der Waals surface area contributed by atoms with Gasteiger partial charge in [-0.2, -0.15) is 0 Å². The number of carbonyl (C=O) groups is 2. The Kier molecular flexibility index (Phi) is 3.65. The molecule has 6 heteroatoms. The van der Waals surface area contributed by atoms with Crippen LogP contribution in [0.25, 0.3) is 0 Å². The summed E-state index contributed by atoms with van der Waals surface area (Å²) in [5, 5.41) is 12.3. The molecule has 21 heavy (non-hydrogen) atoms. The normalized spacial score (nSPS) is 27.9. The Morgan fingerprint density at radius 3 is 2.81 bits per heavy atom. The fraction of sp³-hybridized carbons (Fsp3) is 0.467. The quantitative estimate of drug-likeness (QED) is 0.844. The van der Waals surface area contributed by atoms with Crippen LogP contribution in [0.2, 0.25) is 0 Å². The van der Waals surface area contributed by atoms with E-state index in [0.717, 1.165) is 5.56 Å². The van der Waals surface area contributed by atoms with Gasteiger partial charge in [0.05, 0.1) is 19.8 Å². The van der Waals surface area contributed by atoms with E-state index in [-0.39, 0.29) is 6.61 Å². The van der Waals surface area contributed by atoms with Crippen molar-refractivity contribution in [2.75, 3.05) is 19.8 Å². The van der Waals surface area contributed by atoms with Gasteiger partial charge in [-0.1, -0.05) is 24.3 Å². The monoisotopic (exact) mass is 291 g/mol. The Hall–Kier alpha value is -1.92. The van der Waals surface area contributed by atoms with Crippen LogP contribution in [-0.2, 0) is 31.0 Å². The molecule has 1 aliphatic carbocycles. The van der Waals surface area contributed by atoms with Crippen molar-refractivity contribution in [3.05, 3.63) is 35.4 Å². The molecule has 1 amide bonds. The molecule has 1 aromatic rings. The number of nitrogens with one attached hydrogen (secondary N) is 1. The van der Waals surface area contributed by atoms with Crippen LogP contribution in [0.1, 0.15) is 17.5 Å². The van der Waals surface area contributed by atoms with E-state index in [9.17, 15) is 14.7 Å². The SMILES string of the molecule is O=C(NC1(C(=O)O)CCc2ccccc21)C1COCCO1. The smallest absolute Gasteiger partial charge is 0.334 e. The van der Waals surface area contributed by atoms with Crippen LogP contribution in [0.15, 0.2) is 24.3 Å². The van der Waals surface area contributed by atoms with Gasteiger partial charge in [0, 0.05) is 0 Å². The first-order chi connectivity index (χ1) is 10.1. The summed E-state index contributed by atoms with van der Waals surface area (Å²) in [6, 6.07) is 7.31. The third-order valence-electron chi connectivity index (χ3n) is 4.06. The second-order valence-corrected chi connectivity index (χ2v) is 5.29. The number of carboxylic acids is 1. The summed E-state index contributed by atoms with van der Waals surface area (Å²) in [6.07, 6.45) is 0.230. The summed E-state index contributed by atoms with van der Waals surface area (Å²) in [6.45, 7) is 0.953. The molecule has 1 aromatic carbocycles. The molecule has 0 radical (unpaired) electrons. The second-order valence-electron chi connectivity index (χ2n) is 5.29. The summed E-state index contributed by atoms with van der Waals surface area (Å²) in [5.41, 5.74) is 0.248. The highest BCUT2D eigenvalue weighted by Crippen LogP contribution is 2.37. The number of ether oxygens (including phenoxy) is 2. The minimum Gasteiger partial charge on any atom is -0.479 e. The van der Waals surface area contributed by atoms with Crippen LogP contribution in [0, 0.1) is 0 Å². The van der Waals surface area contributed by atoms with Crippen molar-refractivity contribution in [1.29, 1.82) is 0 Å². The Bertz CT molecular complexity index is 567. The Labute approximate surface area is 122 Å². The van der Waals surface area contributed by atoms with Crippen molar-refractivity contribution < 1.29 is 24.2 Å². The lowest BCUT2D eigenvalue weighted by molar-refractivity contribution is -0.156. The molecular weight excluding hydrogens is 274 g/mol. The van der Waals surface area contributed by atoms with E-state index < -0.39 is 23.5 Å². The third kappa shape index (κ3) is 2.41. The van der Waals surface area contributed by atoms with Crippen LogP contribution < -0.4 is 5.32 Å². The largest absolute Gasteiger partial charge is 0.479 e. The topological polar surface area (TPSA) is 84.9 Å². The summed E-state index contributed by atoms with van der Waals surface area (Å²) < 4.78 is 10.5. The van der Waals surface area contributed by atoms with Crippen LogP contribution in [0.3, 0.4) is 0 Å². The molecule has 1 fully saturated rings.